The second-order valence-electron chi connectivity index (χ2n) is 6.33. The molecular weight excluding hydrogens is 286 g/mol. The van der Waals surface area contributed by atoms with Crippen molar-refractivity contribution < 1.29 is 9.53 Å². The molecule has 1 amide bonds. The Bertz CT molecular complexity index is 705. The van der Waals surface area contributed by atoms with Crippen molar-refractivity contribution in [3.05, 3.63) is 58.7 Å². The van der Waals surface area contributed by atoms with Gasteiger partial charge in [-0.15, -0.1) is 0 Å². The van der Waals surface area contributed by atoms with Crippen LogP contribution in [0.4, 0.5) is 5.69 Å². The highest BCUT2D eigenvalue weighted by Crippen LogP contribution is 2.23. The van der Waals surface area contributed by atoms with E-state index in [1.54, 1.807) is 0 Å². The first-order valence-electron chi connectivity index (χ1n) is 7.97. The number of anilines is 1. The van der Waals surface area contributed by atoms with Gasteiger partial charge in [0.15, 0.2) is 6.61 Å². The molecule has 0 heterocycles. The van der Waals surface area contributed by atoms with Crippen LogP contribution in [0.3, 0.4) is 0 Å². The summed E-state index contributed by atoms with van der Waals surface area (Å²) in [7, 11) is 0. The van der Waals surface area contributed by atoms with Crippen LogP contribution in [0.5, 0.6) is 5.75 Å². The van der Waals surface area contributed by atoms with E-state index in [1.165, 1.54) is 16.7 Å². The third-order valence-electron chi connectivity index (χ3n) is 3.89. The molecule has 2 aromatic carbocycles. The molecule has 0 spiro atoms. The fourth-order valence-electron chi connectivity index (χ4n) is 2.67. The molecule has 0 saturated carbocycles. The smallest absolute Gasteiger partial charge is 0.262 e. The lowest BCUT2D eigenvalue weighted by Crippen LogP contribution is -2.20. The molecule has 0 aliphatic rings. The second kappa shape index (κ2) is 7.32. The largest absolute Gasteiger partial charge is 0.484 e. The maximum Gasteiger partial charge on any atom is 0.262 e. The topological polar surface area (TPSA) is 38.3 Å². The first kappa shape index (κ1) is 17.1. The Kier molecular flexibility index (Phi) is 5.43. The summed E-state index contributed by atoms with van der Waals surface area (Å²) >= 11 is 0. The molecule has 0 saturated heterocycles. The summed E-state index contributed by atoms with van der Waals surface area (Å²) in [5, 5.41) is 2.89. The van der Waals surface area contributed by atoms with E-state index in [9.17, 15) is 4.79 Å². The number of aryl methyl sites for hydroxylation is 3. The molecular formula is C20H25NO2. The quantitative estimate of drug-likeness (QED) is 0.865. The fraction of sp³-hybridized carbons (Fsp3) is 0.350. The highest BCUT2D eigenvalue weighted by molar-refractivity contribution is 5.92. The molecule has 23 heavy (non-hydrogen) atoms. The van der Waals surface area contributed by atoms with Crippen LogP contribution >= 0.6 is 0 Å². The van der Waals surface area contributed by atoms with Crippen LogP contribution in [0.1, 0.15) is 42.0 Å². The van der Waals surface area contributed by atoms with E-state index in [0.717, 1.165) is 17.0 Å². The van der Waals surface area contributed by atoms with Crippen LogP contribution in [0, 0.1) is 20.8 Å². The molecule has 3 heteroatoms. The zero-order valence-electron chi connectivity index (χ0n) is 14.6. The molecule has 0 aromatic heterocycles. The van der Waals surface area contributed by atoms with Gasteiger partial charge in [0.05, 0.1) is 0 Å². The number of amides is 1. The molecule has 0 aliphatic carbocycles. The summed E-state index contributed by atoms with van der Waals surface area (Å²) in [5.41, 5.74) is 5.55. The molecule has 2 aromatic rings. The van der Waals surface area contributed by atoms with Crippen molar-refractivity contribution in [2.45, 2.75) is 40.5 Å². The van der Waals surface area contributed by atoms with Gasteiger partial charge in [-0.05, 0) is 61.6 Å². The Balaban J connectivity index is 1.95. The number of benzene rings is 2. The van der Waals surface area contributed by atoms with Crippen LogP contribution in [-0.2, 0) is 4.79 Å². The van der Waals surface area contributed by atoms with Gasteiger partial charge in [0.1, 0.15) is 5.75 Å². The summed E-state index contributed by atoms with van der Waals surface area (Å²) in [6.45, 7) is 10.4. The lowest BCUT2D eigenvalue weighted by molar-refractivity contribution is -0.118. The SMILES string of the molecule is Cc1ccc(NC(=O)COc2ccc(C(C)C)c(C)c2)c(C)c1. The minimum Gasteiger partial charge on any atom is -0.484 e. The van der Waals surface area contributed by atoms with Crippen molar-refractivity contribution in [2.24, 2.45) is 0 Å². The highest BCUT2D eigenvalue weighted by atomic mass is 16.5. The van der Waals surface area contributed by atoms with Gasteiger partial charge < -0.3 is 10.1 Å². The number of carbonyl (C=O) groups excluding carboxylic acids is 1. The normalized spacial score (nSPS) is 10.7. The average molecular weight is 311 g/mol. The van der Waals surface area contributed by atoms with E-state index in [4.69, 9.17) is 4.74 Å². The summed E-state index contributed by atoms with van der Waals surface area (Å²) < 4.78 is 5.61. The van der Waals surface area contributed by atoms with E-state index in [1.807, 2.05) is 44.2 Å². The third-order valence-corrected chi connectivity index (χ3v) is 3.89. The molecule has 0 atom stereocenters. The van der Waals surface area contributed by atoms with E-state index >= 15 is 0 Å². The minimum atomic E-state index is -0.150. The van der Waals surface area contributed by atoms with E-state index in [2.05, 4.69) is 32.2 Å². The summed E-state index contributed by atoms with van der Waals surface area (Å²) in [6, 6.07) is 11.9. The average Bonchev–Trinajstić information content (AvgIpc) is 2.48. The number of hydrogen-bond donors (Lipinski definition) is 1. The lowest BCUT2D eigenvalue weighted by atomic mass is 9.98. The number of carbonyl (C=O) groups is 1. The van der Waals surface area contributed by atoms with Crippen molar-refractivity contribution >= 4 is 11.6 Å². The minimum absolute atomic E-state index is 0.00772. The molecule has 0 unspecified atom stereocenters. The molecule has 122 valence electrons. The van der Waals surface area contributed by atoms with Gasteiger partial charge in [-0.2, -0.15) is 0 Å². The maximum atomic E-state index is 12.0. The van der Waals surface area contributed by atoms with Gasteiger partial charge in [-0.1, -0.05) is 37.6 Å². The van der Waals surface area contributed by atoms with Crippen LogP contribution in [0.25, 0.3) is 0 Å². The molecule has 0 radical (unpaired) electrons. The van der Waals surface area contributed by atoms with Crippen molar-refractivity contribution in [2.75, 3.05) is 11.9 Å². The molecule has 0 aliphatic heterocycles. The van der Waals surface area contributed by atoms with Gasteiger partial charge in [0, 0.05) is 5.69 Å². The summed E-state index contributed by atoms with van der Waals surface area (Å²) in [5.74, 6) is 1.06. The summed E-state index contributed by atoms with van der Waals surface area (Å²) in [4.78, 5) is 12.0. The fourth-order valence-corrected chi connectivity index (χ4v) is 2.67. The van der Waals surface area contributed by atoms with Crippen molar-refractivity contribution in [1.82, 2.24) is 0 Å². The predicted molar refractivity (Wildman–Crippen MR) is 95.3 cm³/mol. The van der Waals surface area contributed by atoms with Crippen LogP contribution in [-0.4, -0.2) is 12.5 Å². The standard InChI is InChI=1S/C20H25NO2/c1-13(2)18-8-7-17(11-15(18)4)23-12-20(22)21-19-9-6-14(3)10-16(19)5/h6-11,13H,12H2,1-5H3,(H,21,22). The number of ether oxygens (including phenoxy) is 1. The van der Waals surface area contributed by atoms with Crippen LogP contribution < -0.4 is 10.1 Å². The zero-order valence-corrected chi connectivity index (χ0v) is 14.6. The Hall–Kier alpha value is -2.29. The van der Waals surface area contributed by atoms with Crippen molar-refractivity contribution in [1.29, 1.82) is 0 Å². The second-order valence-corrected chi connectivity index (χ2v) is 6.33. The van der Waals surface area contributed by atoms with E-state index < -0.39 is 0 Å². The molecule has 1 N–H and O–H groups in total. The first-order chi connectivity index (χ1) is 10.9. The maximum absolute atomic E-state index is 12.0. The number of rotatable bonds is 5. The van der Waals surface area contributed by atoms with Gasteiger partial charge in [0.2, 0.25) is 0 Å². The van der Waals surface area contributed by atoms with Gasteiger partial charge in [-0.25, -0.2) is 0 Å². The predicted octanol–water partition coefficient (Wildman–Crippen LogP) is 4.75. The van der Waals surface area contributed by atoms with Crippen molar-refractivity contribution in [3.63, 3.8) is 0 Å². The third kappa shape index (κ3) is 4.59. The summed E-state index contributed by atoms with van der Waals surface area (Å²) in [6.07, 6.45) is 0. The Morgan fingerprint density at radius 2 is 1.78 bits per heavy atom. The molecule has 0 bridgehead atoms. The first-order valence-corrected chi connectivity index (χ1v) is 7.97. The van der Waals surface area contributed by atoms with Crippen LogP contribution in [0.15, 0.2) is 36.4 Å². The monoisotopic (exact) mass is 311 g/mol. The van der Waals surface area contributed by atoms with Crippen molar-refractivity contribution in [3.8, 4) is 5.75 Å². The Labute approximate surface area is 138 Å². The van der Waals surface area contributed by atoms with Gasteiger partial charge >= 0.3 is 0 Å². The Morgan fingerprint density at radius 1 is 1.04 bits per heavy atom. The number of hydrogen-bond acceptors (Lipinski definition) is 2. The van der Waals surface area contributed by atoms with E-state index in [0.29, 0.717) is 5.92 Å². The zero-order chi connectivity index (χ0) is 17.0. The Morgan fingerprint density at radius 3 is 2.39 bits per heavy atom. The molecule has 2 rings (SSSR count). The molecule has 0 fully saturated rings. The van der Waals surface area contributed by atoms with E-state index in [-0.39, 0.29) is 12.5 Å². The van der Waals surface area contributed by atoms with Gasteiger partial charge in [0.25, 0.3) is 5.91 Å². The lowest BCUT2D eigenvalue weighted by Gasteiger charge is -2.13. The van der Waals surface area contributed by atoms with Gasteiger partial charge in [-0.3, -0.25) is 4.79 Å². The molecule has 3 nitrogen and oxygen atoms in total. The number of nitrogens with one attached hydrogen (secondary N) is 1. The van der Waals surface area contributed by atoms with Crippen LogP contribution in [0.2, 0.25) is 0 Å². The highest BCUT2D eigenvalue weighted by Gasteiger charge is 2.08.